The summed E-state index contributed by atoms with van der Waals surface area (Å²) in [5, 5.41) is 0. The van der Waals surface area contributed by atoms with E-state index in [1.54, 1.807) is 0 Å². The van der Waals surface area contributed by atoms with Gasteiger partial charge in [-0.05, 0) is 0 Å². The summed E-state index contributed by atoms with van der Waals surface area (Å²) in [5.74, 6) is 0. The van der Waals surface area contributed by atoms with Crippen molar-refractivity contribution < 1.29 is 116 Å². The van der Waals surface area contributed by atoms with E-state index in [4.69, 9.17) is 0 Å². The summed E-state index contributed by atoms with van der Waals surface area (Å²) in [6.07, 6.45) is 0. The molecule has 0 unspecified atom stereocenters. The van der Waals surface area contributed by atoms with Gasteiger partial charge in [0, 0.05) is 0 Å². The monoisotopic (exact) mass is 701 g/mol. The summed E-state index contributed by atoms with van der Waals surface area (Å²) in [7, 11) is 0. The average Bonchev–Trinajstić information content (AvgIpc) is 0. The molecule has 0 aliphatic heterocycles. The fourth-order valence-electron chi connectivity index (χ4n) is 0. The molecule has 0 rings (SSSR count). The molecule has 0 aliphatic rings. The molecular formula is I4Ir-. The Morgan fingerprint density at radius 2 is 0.400 bits per heavy atom. The third-order valence-corrected chi connectivity index (χ3v) is 0. The fourth-order valence-corrected chi connectivity index (χ4v) is 0. The quantitative estimate of drug-likeness (QED) is 0.221. The maximum Gasteiger partial charge on any atom is 3.00 e. The van der Waals surface area contributed by atoms with Crippen molar-refractivity contribution in [1.82, 2.24) is 0 Å². The van der Waals surface area contributed by atoms with Gasteiger partial charge in [-0.1, -0.05) is 0 Å². The van der Waals surface area contributed by atoms with Crippen molar-refractivity contribution >= 4 is 0 Å². The Kier molecular flexibility index (Phi) is 198. The van der Waals surface area contributed by atoms with Gasteiger partial charge < -0.3 is 95.9 Å². The van der Waals surface area contributed by atoms with Crippen LogP contribution in [0.25, 0.3) is 0 Å². The summed E-state index contributed by atoms with van der Waals surface area (Å²) < 4.78 is 0. The molecule has 0 saturated heterocycles. The maximum atomic E-state index is 0. The Morgan fingerprint density at radius 3 is 0.400 bits per heavy atom. The molecule has 0 aromatic carbocycles. The predicted octanol–water partition coefficient (Wildman–Crippen LogP) is -12.0. The zero-order valence-corrected chi connectivity index (χ0v) is 12.9. The van der Waals surface area contributed by atoms with Gasteiger partial charge in [0.15, 0.2) is 0 Å². The normalized spacial score (nSPS) is 0. The molecule has 38 valence electrons. The van der Waals surface area contributed by atoms with Crippen LogP contribution in [0.4, 0.5) is 0 Å². The Balaban J connectivity index is 0. The van der Waals surface area contributed by atoms with E-state index in [0.717, 1.165) is 0 Å². The first kappa shape index (κ1) is 38.5. The van der Waals surface area contributed by atoms with Gasteiger partial charge in [0.2, 0.25) is 0 Å². The second-order valence-electron chi connectivity index (χ2n) is 0. The van der Waals surface area contributed by atoms with Gasteiger partial charge in [0.1, 0.15) is 0 Å². The van der Waals surface area contributed by atoms with E-state index in [2.05, 4.69) is 0 Å². The van der Waals surface area contributed by atoms with Crippen LogP contribution < -0.4 is 95.9 Å². The molecule has 0 saturated carbocycles. The molecule has 0 radical (unpaired) electrons. The topological polar surface area (TPSA) is 0 Å². The molecule has 0 N–H and O–H groups in total. The molecule has 0 amide bonds. The smallest absolute Gasteiger partial charge is 1.00 e. The number of hydrogen-bond acceptors (Lipinski definition) is 0. The van der Waals surface area contributed by atoms with Crippen molar-refractivity contribution in [1.29, 1.82) is 0 Å². The van der Waals surface area contributed by atoms with Gasteiger partial charge >= 0.3 is 20.1 Å². The molecular weight excluding hydrogens is 700 g/mol. The molecule has 0 fully saturated rings. The zero-order chi connectivity index (χ0) is 0. The third-order valence-electron chi connectivity index (χ3n) is 0. The largest absolute Gasteiger partial charge is 3.00 e. The predicted molar refractivity (Wildman–Crippen MR) is 0 cm³/mol. The summed E-state index contributed by atoms with van der Waals surface area (Å²) in [6, 6.07) is 0. The van der Waals surface area contributed by atoms with E-state index < -0.39 is 0 Å². The standard InChI is InChI=1S/4HI.Ir/h4*1H;/q;;;;+3/p-4. The molecule has 5 heteroatoms. The average molecular weight is 700 g/mol. The van der Waals surface area contributed by atoms with Gasteiger partial charge in [-0.3, -0.25) is 0 Å². The van der Waals surface area contributed by atoms with Crippen LogP contribution in [0.1, 0.15) is 0 Å². The first-order chi connectivity index (χ1) is 0. The molecule has 0 aliphatic carbocycles. The molecule has 0 atom stereocenters. The summed E-state index contributed by atoms with van der Waals surface area (Å²) >= 11 is 0. The van der Waals surface area contributed by atoms with E-state index in [-0.39, 0.29) is 116 Å². The van der Waals surface area contributed by atoms with Crippen LogP contribution in [0.3, 0.4) is 0 Å². The second kappa shape index (κ2) is 25.6. The summed E-state index contributed by atoms with van der Waals surface area (Å²) in [6.45, 7) is 0. The van der Waals surface area contributed by atoms with Crippen LogP contribution in [-0.4, -0.2) is 0 Å². The van der Waals surface area contributed by atoms with Crippen molar-refractivity contribution in [2.75, 3.05) is 0 Å². The van der Waals surface area contributed by atoms with Gasteiger partial charge in [0.25, 0.3) is 0 Å². The van der Waals surface area contributed by atoms with Gasteiger partial charge in [0.05, 0.1) is 0 Å². The Hall–Kier alpha value is 3.57. The zero-order valence-electron chi connectivity index (χ0n) is 1.85. The van der Waals surface area contributed by atoms with E-state index in [1.165, 1.54) is 0 Å². The van der Waals surface area contributed by atoms with Crippen molar-refractivity contribution in [2.45, 2.75) is 0 Å². The minimum Gasteiger partial charge on any atom is -1.00 e. The van der Waals surface area contributed by atoms with Crippen molar-refractivity contribution in [3.63, 3.8) is 0 Å². The fraction of sp³-hybridized carbons (Fsp3) is 0. The molecule has 0 spiro atoms. The van der Waals surface area contributed by atoms with Crippen LogP contribution in [-0.2, 0) is 20.1 Å². The number of rotatable bonds is 0. The van der Waals surface area contributed by atoms with Gasteiger partial charge in [-0.15, -0.1) is 0 Å². The van der Waals surface area contributed by atoms with Gasteiger partial charge in [-0.2, -0.15) is 0 Å². The minimum atomic E-state index is 0. The number of halogens is 4. The Labute approximate surface area is 113 Å². The van der Waals surface area contributed by atoms with Crippen LogP contribution in [0.2, 0.25) is 0 Å². The van der Waals surface area contributed by atoms with E-state index >= 15 is 0 Å². The van der Waals surface area contributed by atoms with Crippen LogP contribution in [0.5, 0.6) is 0 Å². The molecule has 5 heavy (non-hydrogen) atoms. The van der Waals surface area contributed by atoms with Crippen LogP contribution in [0, 0.1) is 0 Å². The maximum absolute atomic E-state index is 0. The third kappa shape index (κ3) is 18.4. The molecule has 0 heterocycles. The molecule has 0 aromatic rings. The first-order valence-electron chi connectivity index (χ1n) is 0. The van der Waals surface area contributed by atoms with Crippen molar-refractivity contribution in [2.24, 2.45) is 0 Å². The first-order valence-corrected chi connectivity index (χ1v) is 0. The Bertz CT molecular complexity index is 3.61. The molecule has 0 nitrogen and oxygen atoms in total. The van der Waals surface area contributed by atoms with Crippen molar-refractivity contribution in [3.05, 3.63) is 0 Å². The van der Waals surface area contributed by atoms with E-state index in [9.17, 15) is 0 Å². The SMILES string of the molecule is [I-].[I-].[I-].[I-].[Ir+3]. The van der Waals surface area contributed by atoms with Crippen molar-refractivity contribution in [3.8, 4) is 0 Å². The minimum absolute atomic E-state index is 0. The Morgan fingerprint density at radius 1 is 0.400 bits per heavy atom. The molecule has 0 bridgehead atoms. The van der Waals surface area contributed by atoms with Gasteiger partial charge in [-0.25, -0.2) is 0 Å². The van der Waals surface area contributed by atoms with Crippen LogP contribution >= 0.6 is 0 Å². The van der Waals surface area contributed by atoms with E-state index in [0.29, 0.717) is 0 Å². The molecule has 0 aromatic heterocycles. The second-order valence-corrected chi connectivity index (χ2v) is 0. The van der Waals surface area contributed by atoms with Crippen LogP contribution in [0.15, 0.2) is 0 Å². The number of hydrogen-bond donors (Lipinski definition) is 0. The summed E-state index contributed by atoms with van der Waals surface area (Å²) in [4.78, 5) is 0. The summed E-state index contributed by atoms with van der Waals surface area (Å²) in [5.41, 5.74) is 0. The van der Waals surface area contributed by atoms with E-state index in [1.807, 2.05) is 0 Å².